The summed E-state index contributed by atoms with van der Waals surface area (Å²) in [5.41, 5.74) is 0.991. The molecule has 0 saturated heterocycles. The predicted octanol–water partition coefficient (Wildman–Crippen LogP) is 5.33. The summed E-state index contributed by atoms with van der Waals surface area (Å²) in [6, 6.07) is 11.4. The van der Waals surface area contributed by atoms with Crippen LogP contribution in [0.4, 0.5) is 4.39 Å². The summed E-state index contributed by atoms with van der Waals surface area (Å²) in [5, 5.41) is 0.837. The lowest BCUT2D eigenvalue weighted by molar-refractivity contribution is 0.101. The zero-order valence-corrected chi connectivity index (χ0v) is 13.2. The Labute approximate surface area is 130 Å². The van der Waals surface area contributed by atoms with Gasteiger partial charge >= 0.3 is 0 Å². The summed E-state index contributed by atoms with van der Waals surface area (Å²) in [5.74, 6) is -0.465. The Hall–Kier alpha value is -1.46. The lowest BCUT2D eigenvalue weighted by Crippen LogP contribution is -1.99. The molecule has 0 saturated carbocycles. The van der Waals surface area contributed by atoms with Crippen molar-refractivity contribution in [1.82, 2.24) is 0 Å². The Morgan fingerprint density at radius 1 is 1.05 bits per heavy atom. The number of rotatable bonds is 2. The highest BCUT2D eigenvalue weighted by Gasteiger charge is 2.16. The van der Waals surface area contributed by atoms with E-state index >= 15 is 0 Å². The molecular formula is C15H7Br2FO2. The quantitative estimate of drug-likeness (QED) is 0.547. The molecule has 1 aromatic heterocycles. The van der Waals surface area contributed by atoms with Gasteiger partial charge in [0, 0.05) is 10.9 Å². The minimum atomic E-state index is -0.408. The van der Waals surface area contributed by atoms with Crippen molar-refractivity contribution < 1.29 is 13.6 Å². The Bertz CT molecular complexity index is 824. The summed E-state index contributed by atoms with van der Waals surface area (Å²) in [6.45, 7) is 0. The van der Waals surface area contributed by atoms with Gasteiger partial charge in [0.1, 0.15) is 11.4 Å². The van der Waals surface area contributed by atoms with Crippen LogP contribution in [0.3, 0.4) is 0 Å². The summed E-state index contributed by atoms with van der Waals surface area (Å²) in [6.07, 6.45) is 0. The number of hydrogen-bond acceptors (Lipinski definition) is 2. The molecule has 0 unspecified atom stereocenters. The van der Waals surface area contributed by atoms with Crippen LogP contribution in [0.5, 0.6) is 0 Å². The molecule has 0 N–H and O–H groups in total. The fourth-order valence-electron chi connectivity index (χ4n) is 1.92. The molecule has 0 spiro atoms. The van der Waals surface area contributed by atoms with Crippen LogP contribution in [-0.2, 0) is 0 Å². The molecular weight excluding hydrogens is 391 g/mol. The topological polar surface area (TPSA) is 30.2 Å². The Morgan fingerprint density at radius 3 is 2.55 bits per heavy atom. The average Bonchev–Trinajstić information content (AvgIpc) is 2.86. The zero-order chi connectivity index (χ0) is 14.3. The monoisotopic (exact) mass is 396 g/mol. The molecule has 1 heterocycles. The average molecular weight is 398 g/mol. The standard InChI is InChI=1S/C15H7Br2FO2/c16-10-3-1-2-9-7-13(20-15(9)10)14(19)8-4-5-12(18)11(17)6-8/h1-7H. The Morgan fingerprint density at radius 2 is 1.85 bits per heavy atom. The number of fused-ring (bicyclic) bond motifs is 1. The molecule has 0 radical (unpaired) electrons. The summed E-state index contributed by atoms with van der Waals surface area (Å²) in [4.78, 5) is 12.3. The maximum atomic E-state index is 13.2. The van der Waals surface area contributed by atoms with Crippen molar-refractivity contribution in [2.75, 3.05) is 0 Å². The fourth-order valence-corrected chi connectivity index (χ4v) is 2.76. The van der Waals surface area contributed by atoms with Crippen molar-refractivity contribution in [2.24, 2.45) is 0 Å². The van der Waals surface area contributed by atoms with Gasteiger partial charge < -0.3 is 4.42 Å². The van der Waals surface area contributed by atoms with E-state index in [1.54, 1.807) is 6.07 Å². The highest BCUT2D eigenvalue weighted by Crippen LogP contribution is 2.28. The number of para-hydroxylation sites is 1. The number of halogens is 3. The normalized spacial score (nSPS) is 10.9. The van der Waals surface area contributed by atoms with E-state index < -0.39 is 5.82 Å². The highest BCUT2D eigenvalue weighted by atomic mass is 79.9. The van der Waals surface area contributed by atoms with Crippen LogP contribution in [0.2, 0.25) is 0 Å². The predicted molar refractivity (Wildman–Crippen MR) is 81.4 cm³/mol. The van der Waals surface area contributed by atoms with E-state index in [0.717, 1.165) is 9.86 Å². The largest absolute Gasteiger partial charge is 0.451 e. The fraction of sp³-hybridized carbons (Fsp3) is 0. The number of ketones is 1. The second-order valence-electron chi connectivity index (χ2n) is 4.23. The van der Waals surface area contributed by atoms with Crippen LogP contribution in [-0.4, -0.2) is 5.78 Å². The van der Waals surface area contributed by atoms with Crippen molar-refractivity contribution >= 4 is 48.6 Å². The molecule has 100 valence electrons. The van der Waals surface area contributed by atoms with Crippen molar-refractivity contribution in [2.45, 2.75) is 0 Å². The number of carbonyl (C=O) groups is 1. The minimum absolute atomic E-state index is 0.227. The van der Waals surface area contributed by atoms with E-state index in [1.807, 2.05) is 18.2 Å². The molecule has 0 bridgehead atoms. The van der Waals surface area contributed by atoms with Gasteiger partial charge in [0.25, 0.3) is 0 Å². The van der Waals surface area contributed by atoms with Crippen LogP contribution >= 0.6 is 31.9 Å². The van der Waals surface area contributed by atoms with E-state index in [1.165, 1.54) is 18.2 Å². The lowest BCUT2D eigenvalue weighted by atomic mass is 10.1. The van der Waals surface area contributed by atoms with Crippen molar-refractivity contribution in [3.05, 3.63) is 68.6 Å². The van der Waals surface area contributed by atoms with Crippen LogP contribution in [0, 0.1) is 5.82 Å². The van der Waals surface area contributed by atoms with Crippen LogP contribution in [0.1, 0.15) is 16.1 Å². The first-order chi connectivity index (χ1) is 9.56. The first-order valence-corrected chi connectivity index (χ1v) is 7.32. The molecule has 2 aromatic carbocycles. The van der Waals surface area contributed by atoms with Crippen molar-refractivity contribution in [3.63, 3.8) is 0 Å². The molecule has 0 aliphatic heterocycles. The molecule has 20 heavy (non-hydrogen) atoms. The number of furan rings is 1. The van der Waals surface area contributed by atoms with Crippen molar-refractivity contribution in [3.8, 4) is 0 Å². The minimum Gasteiger partial charge on any atom is -0.451 e. The van der Waals surface area contributed by atoms with E-state index in [0.29, 0.717) is 11.1 Å². The maximum Gasteiger partial charge on any atom is 0.228 e. The molecule has 0 fully saturated rings. The maximum absolute atomic E-state index is 13.2. The van der Waals surface area contributed by atoms with E-state index in [2.05, 4.69) is 31.9 Å². The van der Waals surface area contributed by atoms with Gasteiger partial charge in [-0.05, 0) is 62.2 Å². The van der Waals surface area contributed by atoms with Gasteiger partial charge in [-0.2, -0.15) is 0 Å². The SMILES string of the molecule is O=C(c1ccc(F)c(Br)c1)c1cc2cccc(Br)c2o1. The van der Waals surface area contributed by atoms with Gasteiger partial charge in [-0.1, -0.05) is 12.1 Å². The molecule has 0 aliphatic rings. The Balaban J connectivity index is 2.08. The highest BCUT2D eigenvalue weighted by molar-refractivity contribution is 9.11. The third kappa shape index (κ3) is 2.31. The molecule has 0 atom stereocenters. The van der Waals surface area contributed by atoms with Gasteiger partial charge in [0.2, 0.25) is 5.78 Å². The Kier molecular flexibility index (Phi) is 3.48. The molecule has 2 nitrogen and oxygen atoms in total. The smallest absolute Gasteiger partial charge is 0.228 e. The molecule has 5 heteroatoms. The van der Waals surface area contributed by atoms with Crippen LogP contribution < -0.4 is 0 Å². The zero-order valence-electron chi connectivity index (χ0n) is 9.99. The summed E-state index contributed by atoms with van der Waals surface area (Å²) < 4.78 is 19.8. The van der Waals surface area contributed by atoms with Gasteiger partial charge in [-0.25, -0.2) is 4.39 Å². The summed E-state index contributed by atoms with van der Waals surface area (Å²) in [7, 11) is 0. The third-order valence-electron chi connectivity index (χ3n) is 2.90. The molecule has 3 aromatic rings. The van der Waals surface area contributed by atoms with Crippen LogP contribution in [0.25, 0.3) is 11.0 Å². The van der Waals surface area contributed by atoms with Gasteiger partial charge in [0.15, 0.2) is 5.76 Å². The van der Waals surface area contributed by atoms with Gasteiger partial charge in [0.05, 0.1) is 8.95 Å². The van der Waals surface area contributed by atoms with E-state index in [9.17, 15) is 9.18 Å². The molecule has 0 aliphatic carbocycles. The molecule has 0 amide bonds. The third-order valence-corrected chi connectivity index (χ3v) is 4.13. The first kappa shape index (κ1) is 13.5. The van der Waals surface area contributed by atoms with E-state index in [-0.39, 0.29) is 16.0 Å². The second-order valence-corrected chi connectivity index (χ2v) is 5.94. The molecule has 3 rings (SSSR count). The number of hydrogen-bond donors (Lipinski definition) is 0. The second kappa shape index (κ2) is 5.14. The first-order valence-electron chi connectivity index (χ1n) is 5.74. The van der Waals surface area contributed by atoms with Crippen molar-refractivity contribution in [1.29, 1.82) is 0 Å². The summed E-state index contributed by atoms with van der Waals surface area (Å²) >= 11 is 6.44. The number of carbonyl (C=O) groups excluding carboxylic acids is 1. The van der Waals surface area contributed by atoms with Gasteiger partial charge in [-0.3, -0.25) is 4.79 Å². The van der Waals surface area contributed by atoms with E-state index in [4.69, 9.17) is 4.42 Å². The van der Waals surface area contributed by atoms with Crippen LogP contribution in [0.15, 0.2) is 55.8 Å². The van der Waals surface area contributed by atoms with Gasteiger partial charge in [-0.15, -0.1) is 0 Å². The lowest BCUT2D eigenvalue weighted by Gasteiger charge is -1.99. The number of benzene rings is 2.